The molecule has 0 radical (unpaired) electrons. The first kappa shape index (κ1) is 14.8. The van der Waals surface area contributed by atoms with Crippen LogP contribution in [0.2, 0.25) is 0 Å². The molecule has 0 saturated carbocycles. The van der Waals surface area contributed by atoms with Gasteiger partial charge < -0.3 is 14.7 Å². The molecular formula is C16H22N2O2. The number of nitrogens with zero attached hydrogens (tertiary/aromatic N) is 2. The highest BCUT2D eigenvalue weighted by atomic mass is 16.5. The summed E-state index contributed by atoms with van der Waals surface area (Å²) in [5.74, 6) is 1.49. The minimum atomic E-state index is -0.473. The van der Waals surface area contributed by atoms with Crippen molar-refractivity contribution in [1.29, 1.82) is 5.26 Å². The molecule has 1 atom stereocenters. The first-order valence-electron chi connectivity index (χ1n) is 7.20. The van der Waals surface area contributed by atoms with Gasteiger partial charge in [-0.1, -0.05) is 6.92 Å². The Labute approximate surface area is 120 Å². The first-order chi connectivity index (χ1) is 9.67. The summed E-state index contributed by atoms with van der Waals surface area (Å²) >= 11 is 0. The molecule has 1 fully saturated rings. The molecule has 1 aromatic carbocycles. The van der Waals surface area contributed by atoms with Crippen LogP contribution >= 0.6 is 0 Å². The topological polar surface area (TPSA) is 56.5 Å². The van der Waals surface area contributed by atoms with E-state index in [0.717, 1.165) is 19.0 Å². The minimum absolute atomic E-state index is 0.290. The van der Waals surface area contributed by atoms with Gasteiger partial charge in [0.15, 0.2) is 0 Å². The highest BCUT2D eigenvalue weighted by Crippen LogP contribution is 2.16. The van der Waals surface area contributed by atoms with Crippen LogP contribution in [-0.4, -0.2) is 42.4 Å². The lowest BCUT2D eigenvalue weighted by Crippen LogP contribution is -2.40. The smallest absolute Gasteiger partial charge is 0.119 e. The van der Waals surface area contributed by atoms with E-state index >= 15 is 0 Å². The molecule has 1 saturated heterocycles. The van der Waals surface area contributed by atoms with Crippen molar-refractivity contribution >= 4 is 0 Å². The lowest BCUT2D eigenvalue weighted by molar-refractivity contribution is 0.0563. The van der Waals surface area contributed by atoms with E-state index in [4.69, 9.17) is 10.00 Å². The van der Waals surface area contributed by atoms with Gasteiger partial charge in [0.25, 0.3) is 0 Å². The van der Waals surface area contributed by atoms with Crippen molar-refractivity contribution in [1.82, 2.24) is 4.90 Å². The van der Waals surface area contributed by atoms with Gasteiger partial charge in [0.1, 0.15) is 18.5 Å². The fourth-order valence-corrected chi connectivity index (χ4v) is 2.41. The molecule has 1 heterocycles. The van der Waals surface area contributed by atoms with Crippen LogP contribution in [0.1, 0.15) is 25.3 Å². The third kappa shape index (κ3) is 4.52. The molecule has 1 N–H and O–H groups in total. The van der Waals surface area contributed by atoms with E-state index < -0.39 is 6.10 Å². The van der Waals surface area contributed by atoms with Crippen LogP contribution < -0.4 is 4.74 Å². The van der Waals surface area contributed by atoms with Gasteiger partial charge in [-0.3, -0.25) is 0 Å². The number of piperidine rings is 1. The number of aliphatic hydroxyl groups excluding tert-OH is 1. The van der Waals surface area contributed by atoms with Gasteiger partial charge in [0.2, 0.25) is 0 Å². The van der Waals surface area contributed by atoms with Crippen molar-refractivity contribution in [3.63, 3.8) is 0 Å². The van der Waals surface area contributed by atoms with Gasteiger partial charge in [0, 0.05) is 6.54 Å². The van der Waals surface area contributed by atoms with Gasteiger partial charge in [-0.25, -0.2) is 0 Å². The quantitative estimate of drug-likeness (QED) is 0.892. The second-order valence-electron chi connectivity index (χ2n) is 5.58. The molecule has 4 heteroatoms. The van der Waals surface area contributed by atoms with Crippen LogP contribution in [0.25, 0.3) is 0 Å². The number of aliphatic hydroxyl groups is 1. The predicted molar refractivity (Wildman–Crippen MR) is 77.5 cm³/mol. The predicted octanol–water partition coefficient (Wildman–Crippen LogP) is 2.03. The summed E-state index contributed by atoms with van der Waals surface area (Å²) < 4.78 is 5.54. The maximum Gasteiger partial charge on any atom is 0.119 e. The standard InChI is InChI=1S/C16H22N2O2/c1-13-6-8-18(9-7-13)11-15(19)12-20-16-4-2-14(10-17)3-5-16/h2-5,13,15,19H,6-9,11-12H2,1H3. The van der Waals surface area contributed by atoms with Gasteiger partial charge in [-0.15, -0.1) is 0 Å². The monoisotopic (exact) mass is 274 g/mol. The second-order valence-corrected chi connectivity index (χ2v) is 5.58. The molecule has 1 unspecified atom stereocenters. The van der Waals surface area contributed by atoms with Crippen LogP contribution in [-0.2, 0) is 0 Å². The average Bonchev–Trinajstić information content (AvgIpc) is 2.48. The fraction of sp³-hybridized carbons (Fsp3) is 0.562. The van der Waals surface area contributed by atoms with Crippen molar-refractivity contribution in [2.75, 3.05) is 26.2 Å². The number of β-amino-alcohol motifs (C(OH)–C–C–N with tert-alkyl or cyclic N) is 1. The molecule has 0 spiro atoms. The van der Waals surface area contributed by atoms with E-state index in [-0.39, 0.29) is 6.61 Å². The Morgan fingerprint density at radius 2 is 2.00 bits per heavy atom. The van der Waals surface area contributed by atoms with E-state index in [1.54, 1.807) is 24.3 Å². The van der Waals surface area contributed by atoms with Crippen LogP contribution in [0.4, 0.5) is 0 Å². The average molecular weight is 274 g/mol. The Kier molecular flexibility index (Phi) is 5.40. The summed E-state index contributed by atoms with van der Waals surface area (Å²) in [6, 6.07) is 9.01. The summed E-state index contributed by atoms with van der Waals surface area (Å²) in [6.07, 6.45) is 1.95. The SMILES string of the molecule is CC1CCN(CC(O)COc2ccc(C#N)cc2)CC1. The highest BCUT2D eigenvalue weighted by Gasteiger charge is 2.18. The zero-order valence-corrected chi connectivity index (χ0v) is 12.0. The highest BCUT2D eigenvalue weighted by molar-refractivity contribution is 5.34. The summed E-state index contributed by atoms with van der Waals surface area (Å²) in [5.41, 5.74) is 0.611. The second kappa shape index (κ2) is 7.28. The van der Waals surface area contributed by atoms with Crippen molar-refractivity contribution in [3.05, 3.63) is 29.8 Å². The Morgan fingerprint density at radius 3 is 2.60 bits per heavy atom. The third-order valence-corrected chi connectivity index (χ3v) is 3.77. The molecule has 1 aliphatic rings. The van der Waals surface area contributed by atoms with Crippen LogP contribution in [0.5, 0.6) is 5.75 Å². The molecule has 4 nitrogen and oxygen atoms in total. The summed E-state index contributed by atoms with van der Waals surface area (Å²) in [4.78, 5) is 2.30. The lowest BCUT2D eigenvalue weighted by atomic mass is 9.99. The van der Waals surface area contributed by atoms with Crippen LogP contribution in [0.15, 0.2) is 24.3 Å². The minimum Gasteiger partial charge on any atom is -0.491 e. The number of hydrogen-bond donors (Lipinski definition) is 1. The molecule has 1 aliphatic heterocycles. The van der Waals surface area contributed by atoms with Gasteiger partial charge in [-0.05, 0) is 56.1 Å². The zero-order valence-electron chi connectivity index (χ0n) is 12.0. The van der Waals surface area contributed by atoms with Crippen molar-refractivity contribution in [2.45, 2.75) is 25.9 Å². The van der Waals surface area contributed by atoms with Crippen LogP contribution in [0, 0.1) is 17.2 Å². The molecule has 2 rings (SSSR count). The van der Waals surface area contributed by atoms with Crippen molar-refractivity contribution in [3.8, 4) is 11.8 Å². The molecule has 0 amide bonds. The normalized spacial score (nSPS) is 18.4. The van der Waals surface area contributed by atoms with Gasteiger partial charge in [-0.2, -0.15) is 5.26 Å². The molecule has 108 valence electrons. The molecule has 0 aliphatic carbocycles. The summed E-state index contributed by atoms with van der Waals surface area (Å²) in [7, 11) is 0. The molecule has 1 aromatic rings. The number of nitriles is 1. The Morgan fingerprint density at radius 1 is 1.35 bits per heavy atom. The maximum absolute atomic E-state index is 10.0. The van der Waals surface area contributed by atoms with Crippen molar-refractivity contribution in [2.24, 2.45) is 5.92 Å². The largest absolute Gasteiger partial charge is 0.491 e. The number of benzene rings is 1. The molecule has 0 aromatic heterocycles. The Balaban J connectivity index is 1.71. The molecule has 20 heavy (non-hydrogen) atoms. The Bertz CT molecular complexity index is 445. The third-order valence-electron chi connectivity index (χ3n) is 3.77. The van der Waals surface area contributed by atoms with Gasteiger partial charge >= 0.3 is 0 Å². The number of likely N-dealkylation sites (tertiary alicyclic amines) is 1. The lowest BCUT2D eigenvalue weighted by Gasteiger charge is -2.31. The molecular weight excluding hydrogens is 252 g/mol. The van der Waals surface area contributed by atoms with E-state index in [1.165, 1.54) is 12.8 Å². The summed E-state index contributed by atoms with van der Waals surface area (Å²) in [6.45, 7) is 5.37. The number of ether oxygens (including phenoxy) is 1. The van der Waals surface area contributed by atoms with Gasteiger partial charge in [0.05, 0.1) is 11.6 Å². The maximum atomic E-state index is 10.0. The van der Waals surface area contributed by atoms with E-state index in [2.05, 4.69) is 17.9 Å². The van der Waals surface area contributed by atoms with Crippen molar-refractivity contribution < 1.29 is 9.84 Å². The van der Waals surface area contributed by atoms with E-state index in [0.29, 0.717) is 17.9 Å². The number of rotatable bonds is 5. The zero-order chi connectivity index (χ0) is 14.4. The number of hydrogen-bond acceptors (Lipinski definition) is 4. The first-order valence-corrected chi connectivity index (χ1v) is 7.20. The fourth-order valence-electron chi connectivity index (χ4n) is 2.41. The Hall–Kier alpha value is -1.57. The van der Waals surface area contributed by atoms with E-state index in [9.17, 15) is 5.11 Å². The molecule has 0 bridgehead atoms. The summed E-state index contributed by atoms with van der Waals surface area (Å²) in [5, 5.41) is 18.7. The van der Waals surface area contributed by atoms with Crippen LogP contribution in [0.3, 0.4) is 0 Å². The van der Waals surface area contributed by atoms with E-state index in [1.807, 2.05) is 0 Å².